The molecule has 0 aliphatic rings. The number of rotatable bonds is 7. The van der Waals surface area contributed by atoms with Crippen LogP contribution in [0.1, 0.15) is 41.6 Å². The fourth-order valence-electron chi connectivity index (χ4n) is 2.36. The van der Waals surface area contributed by atoms with E-state index in [1.165, 1.54) is 0 Å². The van der Waals surface area contributed by atoms with Crippen molar-refractivity contribution in [1.29, 1.82) is 0 Å². The molecule has 126 valence electrons. The van der Waals surface area contributed by atoms with Crippen LogP contribution in [-0.4, -0.2) is 29.7 Å². The lowest BCUT2D eigenvalue weighted by atomic mass is 10.1. The van der Waals surface area contributed by atoms with E-state index >= 15 is 0 Å². The molecule has 0 bridgehead atoms. The van der Waals surface area contributed by atoms with Gasteiger partial charge < -0.3 is 15.2 Å². The Morgan fingerprint density at radius 3 is 2.74 bits per heavy atom. The Labute approximate surface area is 141 Å². The number of nitrogens with zero attached hydrogens (tertiary/aromatic N) is 3. The molecular formula is C16H25N5OS. The largest absolute Gasteiger partial charge is 0.361 e. The van der Waals surface area contributed by atoms with E-state index in [2.05, 4.69) is 45.0 Å². The highest BCUT2D eigenvalue weighted by atomic mass is 32.1. The average molecular weight is 335 g/mol. The van der Waals surface area contributed by atoms with Gasteiger partial charge in [0, 0.05) is 43.9 Å². The minimum absolute atomic E-state index is 0.672. The van der Waals surface area contributed by atoms with Crippen molar-refractivity contribution in [3.8, 4) is 0 Å². The van der Waals surface area contributed by atoms with Crippen molar-refractivity contribution in [2.45, 2.75) is 46.6 Å². The van der Waals surface area contributed by atoms with Gasteiger partial charge in [0.15, 0.2) is 5.96 Å². The predicted molar refractivity (Wildman–Crippen MR) is 94.0 cm³/mol. The highest BCUT2D eigenvalue weighted by Gasteiger charge is 2.13. The van der Waals surface area contributed by atoms with Crippen LogP contribution in [0.5, 0.6) is 0 Å². The normalized spacial score (nSPS) is 11.7. The number of guanidine groups is 1. The second-order valence-corrected chi connectivity index (χ2v) is 6.26. The summed E-state index contributed by atoms with van der Waals surface area (Å²) < 4.78 is 5.39. The van der Waals surface area contributed by atoms with Crippen molar-refractivity contribution in [2.24, 2.45) is 4.99 Å². The van der Waals surface area contributed by atoms with E-state index in [4.69, 9.17) is 4.52 Å². The molecule has 0 atom stereocenters. The van der Waals surface area contributed by atoms with Crippen LogP contribution in [0.15, 0.2) is 14.9 Å². The number of thiazole rings is 1. The summed E-state index contributed by atoms with van der Waals surface area (Å²) in [4.78, 5) is 8.72. The van der Waals surface area contributed by atoms with E-state index in [9.17, 15) is 0 Å². The molecule has 2 heterocycles. The maximum Gasteiger partial charge on any atom is 0.191 e. The summed E-state index contributed by atoms with van der Waals surface area (Å²) in [5.41, 5.74) is 3.28. The van der Waals surface area contributed by atoms with Crippen LogP contribution in [0.25, 0.3) is 0 Å². The molecule has 0 aliphatic carbocycles. The number of hydrogen-bond donors (Lipinski definition) is 2. The smallest absolute Gasteiger partial charge is 0.191 e. The third-order valence-electron chi connectivity index (χ3n) is 3.60. The lowest BCUT2D eigenvalue weighted by molar-refractivity contribution is 0.380. The van der Waals surface area contributed by atoms with Gasteiger partial charge in [-0.05, 0) is 13.3 Å². The van der Waals surface area contributed by atoms with Gasteiger partial charge in [-0.25, -0.2) is 4.98 Å². The Bertz CT molecular complexity index is 625. The summed E-state index contributed by atoms with van der Waals surface area (Å²) in [6.45, 7) is 7.66. The quantitative estimate of drug-likeness (QED) is 0.600. The van der Waals surface area contributed by atoms with Crippen LogP contribution in [0, 0.1) is 6.92 Å². The third kappa shape index (κ3) is 4.79. The molecule has 0 aromatic carbocycles. The Hall–Kier alpha value is -1.89. The molecule has 0 saturated carbocycles. The number of aliphatic imine (C=N–C) groups is 1. The molecule has 2 aromatic rings. The van der Waals surface area contributed by atoms with E-state index < -0.39 is 0 Å². The molecule has 0 saturated heterocycles. The van der Waals surface area contributed by atoms with Crippen LogP contribution in [0.3, 0.4) is 0 Å². The Kier molecular flexibility index (Phi) is 6.58. The first-order chi connectivity index (χ1) is 11.2. The van der Waals surface area contributed by atoms with Crippen LogP contribution < -0.4 is 10.6 Å². The van der Waals surface area contributed by atoms with Crippen molar-refractivity contribution < 1.29 is 4.52 Å². The summed E-state index contributed by atoms with van der Waals surface area (Å²) in [5, 5.41) is 14.0. The molecule has 0 aliphatic heterocycles. The molecule has 0 radical (unpaired) electrons. The summed E-state index contributed by atoms with van der Waals surface area (Å²) in [6, 6.07) is 0. The average Bonchev–Trinajstić information content (AvgIpc) is 3.16. The van der Waals surface area contributed by atoms with Crippen LogP contribution in [0.2, 0.25) is 0 Å². The Morgan fingerprint density at radius 2 is 2.13 bits per heavy atom. The molecule has 2 aromatic heterocycles. The van der Waals surface area contributed by atoms with E-state index in [0.717, 1.165) is 59.5 Å². The first kappa shape index (κ1) is 17.5. The van der Waals surface area contributed by atoms with Crippen molar-refractivity contribution in [1.82, 2.24) is 20.8 Å². The van der Waals surface area contributed by atoms with Gasteiger partial charge in [-0.3, -0.25) is 4.99 Å². The van der Waals surface area contributed by atoms with Crippen LogP contribution in [-0.2, 0) is 25.8 Å². The Morgan fingerprint density at radius 1 is 1.30 bits per heavy atom. The summed E-state index contributed by atoms with van der Waals surface area (Å²) in [7, 11) is 1.78. The molecule has 0 amide bonds. The Balaban J connectivity index is 1.84. The zero-order valence-electron chi connectivity index (χ0n) is 14.3. The fraction of sp³-hybridized carbons (Fsp3) is 0.562. The molecule has 2 N–H and O–H groups in total. The van der Waals surface area contributed by atoms with Gasteiger partial charge in [0.2, 0.25) is 0 Å². The molecule has 23 heavy (non-hydrogen) atoms. The second kappa shape index (κ2) is 8.67. The van der Waals surface area contributed by atoms with Crippen molar-refractivity contribution in [3.05, 3.63) is 33.1 Å². The molecule has 2 rings (SSSR count). The van der Waals surface area contributed by atoms with Crippen LogP contribution >= 0.6 is 11.3 Å². The van der Waals surface area contributed by atoms with E-state index in [-0.39, 0.29) is 0 Å². The van der Waals surface area contributed by atoms with Gasteiger partial charge in [0.05, 0.1) is 16.4 Å². The first-order valence-electron chi connectivity index (χ1n) is 7.99. The zero-order valence-corrected chi connectivity index (χ0v) is 15.1. The highest BCUT2D eigenvalue weighted by molar-refractivity contribution is 7.09. The number of aryl methyl sites for hydroxylation is 3. The first-order valence-corrected chi connectivity index (χ1v) is 8.87. The van der Waals surface area contributed by atoms with Gasteiger partial charge in [0.1, 0.15) is 5.76 Å². The predicted octanol–water partition coefficient (Wildman–Crippen LogP) is 2.47. The standard InChI is InChI=1S/C16H25N5OS/c1-5-14-13(15(6-2)22-21-14)9-19-16(17-4)18-8-7-12-10-23-11(3)20-12/h10H,5-9H2,1-4H3,(H2,17,18,19). The van der Waals surface area contributed by atoms with E-state index in [1.54, 1.807) is 18.4 Å². The fourth-order valence-corrected chi connectivity index (χ4v) is 3.01. The number of hydrogen-bond acceptors (Lipinski definition) is 5. The maximum absolute atomic E-state index is 5.39. The van der Waals surface area contributed by atoms with Crippen molar-refractivity contribution in [3.63, 3.8) is 0 Å². The van der Waals surface area contributed by atoms with Crippen molar-refractivity contribution in [2.75, 3.05) is 13.6 Å². The molecule has 0 spiro atoms. The minimum atomic E-state index is 0.672. The van der Waals surface area contributed by atoms with E-state index in [0.29, 0.717) is 6.54 Å². The molecule has 0 fully saturated rings. The maximum atomic E-state index is 5.39. The second-order valence-electron chi connectivity index (χ2n) is 5.20. The zero-order chi connectivity index (χ0) is 16.7. The monoisotopic (exact) mass is 335 g/mol. The summed E-state index contributed by atoms with van der Waals surface area (Å²) >= 11 is 1.68. The van der Waals surface area contributed by atoms with Gasteiger partial charge in [0.25, 0.3) is 0 Å². The van der Waals surface area contributed by atoms with Gasteiger partial charge in [-0.15, -0.1) is 11.3 Å². The SMILES string of the molecule is CCc1noc(CC)c1CNC(=NC)NCCc1csc(C)n1. The number of aromatic nitrogens is 2. The van der Waals surface area contributed by atoms with Crippen molar-refractivity contribution >= 4 is 17.3 Å². The minimum Gasteiger partial charge on any atom is -0.361 e. The molecular weight excluding hydrogens is 310 g/mol. The molecule has 6 nitrogen and oxygen atoms in total. The van der Waals surface area contributed by atoms with Crippen LogP contribution in [0.4, 0.5) is 0 Å². The van der Waals surface area contributed by atoms with Gasteiger partial charge in [-0.2, -0.15) is 0 Å². The third-order valence-corrected chi connectivity index (χ3v) is 4.43. The van der Waals surface area contributed by atoms with Gasteiger partial charge in [-0.1, -0.05) is 19.0 Å². The topological polar surface area (TPSA) is 75.3 Å². The summed E-state index contributed by atoms with van der Waals surface area (Å²) in [6.07, 6.45) is 2.60. The lowest BCUT2D eigenvalue weighted by Gasteiger charge is -2.11. The van der Waals surface area contributed by atoms with E-state index in [1.807, 2.05) is 6.92 Å². The molecule has 7 heteroatoms. The summed E-state index contributed by atoms with van der Waals surface area (Å²) in [5.74, 6) is 1.73. The lowest BCUT2D eigenvalue weighted by Crippen LogP contribution is -2.38. The highest BCUT2D eigenvalue weighted by Crippen LogP contribution is 2.15. The molecule has 0 unspecified atom stereocenters. The number of nitrogens with one attached hydrogen (secondary N) is 2. The van der Waals surface area contributed by atoms with Gasteiger partial charge >= 0.3 is 0 Å².